The summed E-state index contributed by atoms with van der Waals surface area (Å²) in [6.45, 7) is -0.659. The number of thiophene rings is 1. The molecule has 0 aliphatic rings. The molecule has 0 saturated heterocycles. The Labute approximate surface area is 176 Å². The van der Waals surface area contributed by atoms with Crippen LogP contribution in [0.1, 0.15) is 11.1 Å². The number of halogens is 3. The molecule has 3 heterocycles. The number of hydrogen-bond donors (Lipinski definition) is 1. The summed E-state index contributed by atoms with van der Waals surface area (Å²) in [6.07, 6.45) is -2.04. The lowest BCUT2D eigenvalue weighted by Crippen LogP contribution is -2.28. The molecule has 0 spiro atoms. The number of para-hydroxylation sites is 1. The van der Waals surface area contributed by atoms with Crippen molar-refractivity contribution in [1.82, 2.24) is 9.55 Å². The molecule has 0 atom stereocenters. The van der Waals surface area contributed by atoms with Crippen LogP contribution in [-0.4, -0.2) is 15.5 Å². The highest BCUT2D eigenvalue weighted by atomic mass is 32.1. The zero-order chi connectivity index (χ0) is 22.2. The van der Waals surface area contributed by atoms with E-state index < -0.39 is 29.8 Å². The molecule has 4 rings (SSSR count). The van der Waals surface area contributed by atoms with E-state index in [1.807, 2.05) is 6.07 Å². The van der Waals surface area contributed by atoms with E-state index in [0.717, 1.165) is 28.0 Å². The maximum atomic E-state index is 13.5. The fourth-order valence-corrected chi connectivity index (χ4v) is 4.04. The van der Waals surface area contributed by atoms with Crippen LogP contribution in [0.4, 0.5) is 18.2 Å². The first-order chi connectivity index (χ1) is 14.8. The molecule has 31 heavy (non-hydrogen) atoms. The molecule has 0 bridgehead atoms. The van der Waals surface area contributed by atoms with Crippen molar-refractivity contribution in [2.45, 2.75) is 12.7 Å². The molecule has 0 aliphatic carbocycles. The van der Waals surface area contributed by atoms with E-state index in [-0.39, 0.29) is 32.9 Å². The summed E-state index contributed by atoms with van der Waals surface area (Å²) in [6, 6.07) is 7.86. The third kappa shape index (κ3) is 3.80. The number of nitriles is 1. The summed E-state index contributed by atoms with van der Waals surface area (Å²) < 4.78 is 46.5. The summed E-state index contributed by atoms with van der Waals surface area (Å²) in [7, 11) is 0. The van der Waals surface area contributed by atoms with Gasteiger partial charge in [-0.1, -0.05) is 12.1 Å². The minimum absolute atomic E-state index is 0.106. The smallest absolute Gasteiger partial charge is 0.418 e. The fourth-order valence-electron chi connectivity index (χ4n) is 3.15. The van der Waals surface area contributed by atoms with Crippen LogP contribution in [0.2, 0.25) is 0 Å². The van der Waals surface area contributed by atoms with E-state index in [0.29, 0.717) is 0 Å². The zero-order valence-corrected chi connectivity index (χ0v) is 16.3. The maximum absolute atomic E-state index is 13.5. The average molecular weight is 444 g/mol. The van der Waals surface area contributed by atoms with Crippen molar-refractivity contribution in [2.24, 2.45) is 0 Å². The zero-order valence-electron chi connectivity index (χ0n) is 15.4. The molecule has 4 aromatic rings. The molecule has 7 nitrogen and oxygen atoms in total. The van der Waals surface area contributed by atoms with Gasteiger partial charge in [0.25, 0.3) is 5.56 Å². The molecular formula is C20H11F3N4O3S. The Hall–Kier alpha value is -3.91. The van der Waals surface area contributed by atoms with Crippen molar-refractivity contribution >= 4 is 33.1 Å². The Balaban J connectivity index is 1.73. The molecule has 1 aromatic carbocycles. The summed E-state index contributed by atoms with van der Waals surface area (Å²) in [4.78, 5) is 29.0. The molecule has 1 N–H and O–H groups in total. The minimum atomic E-state index is -4.71. The molecular weight excluding hydrogens is 433 g/mol. The molecule has 0 fully saturated rings. The monoisotopic (exact) mass is 444 g/mol. The SMILES string of the molecule is N#Cc1csc(NC(=O)Cn2c(=O)ccc3cccc(C(F)(F)F)c32)c1-c1ncco1. The van der Waals surface area contributed by atoms with Gasteiger partial charge in [0.05, 0.1) is 28.4 Å². The van der Waals surface area contributed by atoms with Crippen molar-refractivity contribution in [1.29, 1.82) is 5.26 Å². The third-order valence-corrected chi connectivity index (χ3v) is 5.32. The van der Waals surface area contributed by atoms with Gasteiger partial charge in [-0.3, -0.25) is 14.2 Å². The summed E-state index contributed by atoms with van der Waals surface area (Å²) in [5.74, 6) is -0.638. The van der Waals surface area contributed by atoms with Gasteiger partial charge in [-0.15, -0.1) is 11.3 Å². The van der Waals surface area contributed by atoms with Crippen LogP contribution in [0.25, 0.3) is 22.4 Å². The van der Waals surface area contributed by atoms with Crippen LogP contribution >= 0.6 is 11.3 Å². The first-order valence-electron chi connectivity index (χ1n) is 8.70. The number of pyridine rings is 1. The van der Waals surface area contributed by atoms with Crippen molar-refractivity contribution in [3.8, 4) is 17.5 Å². The summed E-state index contributed by atoms with van der Waals surface area (Å²) in [5.41, 5.74) is -1.68. The third-order valence-electron chi connectivity index (χ3n) is 4.43. The number of benzene rings is 1. The van der Waals surface area contributed by atoms with E-state index in [4.69, 9.17) is 4.42 Å². The minimum Gasteiger partial charge on any atom is -0.444 e. The first kappa shape index (κ1) is 20.4. The number of amides is 1. The van der Waals surface area contributed by atoms with Crippen molar-refractivity contribution in [3.63, 3.8) is 0 Å². The summed E-state index contributed by atoms with van der Waals surface area (Å²) in [5, 5.41) is 13.7. The highest BCUT2D eigenvalue weighted by Gasteiger charge is 2.34. The van der Waals surface area contributed by atoms with Gasteiger partial charge >= 0.3 is 6.18 Å². The number of nitrogens with zero attached hydrogens (tertiary/aromatic N) is 3. The second-order valence-corrected chi connectivity index (χ2v) is 7.23. The van der Waals surface area contributed by atoms with Crippen LogP contribution in [-0.2, 0) is 17.5 Å². The second kappa shape index (κ2) is 7.73. The predicted molar refractivity (Wildman–Crippen MR) is 106 cm³/mol. The summed E-state index contributed by atoms with van der Waals surface area (Å²) >= 11 is 1.03. The molecule has 0 saturated carbocycles. The number of oxazole rings is 1. The first-order valence-corrected chi connectivity index (χ1v) is 9.58. The van der Waals surface area contributed by atoms with Crippen LogP contribution < -0.4 is 10.9 Å². The molecule has 0 radical (unpaired) electrons. The predicted octanol–water partition coefficient (Wildman–Crippen LogP) is 4.25. The van der Waals surface area contributed by atoms with Crippen LogP contribution in [0, 0.1) is 11.3 Å². The standard InChI is InChI=1S/C20H11F3N4O3S/c21-20(22,23)13-3-1-2-11-4-5-15(29)27(17(11)13)9-14(28)26-19-16(12(8-24)10-31-19)18-25-6-7-30-18/h1-7,10H,9H2,(H,26,28). The van der Waals surface area contributed by atoms with Crippen molar-refractivity contribution in [3.05, 3.63) is 69.7 Å². The molecule has 0 unspecified atom stereocenters. The largest absolute Gasteiger partial charge is 0.444 e. The number of rotatable bonds is 4. The van der Waals surface area contributed by atoms with Gasteiger partial charge in [0, 0.05) is 11.4 Å². The number of nitrogens with one attached hydrogen (secondary N) is 1. The molecule has 0 aliphatic heterocycles. The average Bonchev–Trinajstić information content (AvgIpc) is 3.38. The van der Waals surface area contributed by atoms with Gasteiger partial charge < -0.3 is 9.73 Å². The van der Waals surface area contributed by atoms with Gasteiger partial charge in [-0.05, 0) is 17.5 Å². The lowest BCUT2D eigenvalue weighted by Gasteiger charge is -2.15. The van der Waals surface area contributed by atoms with Crippen LogP contribution in [0.5, 0.6) is 0 Å². The van der Waals surface area contributed by atoms with Gasteiger partial charge in [-0.25, -0.2) is 4.98 Å². The Morgan fingerprint density at radius 3 is 2.77 bits per heavy atom. The number of hydrogen-bond acceptors (Lipinski definition) is 6. The Bertz CT molecular complexity index is 1380. The Morgan fingerprint density at radius 2 is 2.10 bits per heavy atom. The number of carbonyl (C=O) groups excluding carboxylic acids is 1. The maximum Gasteiger partial charge on any atom is 0.418 e. The molecule has 156 valence electrons. The van der Waals surface area contributed by atoms with E-state index in [2.05, 4.69) is 10.3 Å². The second-order valence-electron chi connectivity index (χ2n) is 6.35. The quantitative estimate of drug-likeness (QED) is 0.507. The number of anilines is 1. The highest BCUT2D eigenvalue weighted by molar-refractivity contribution is 7.15. The highest BCUT2D eigenvalue weighted by Crippen LogP contribution is 2.37. The lowest BCUT2D eigenvalue weighted by molar-refractivity contribution is -0.136. The number of aromatic nitrogens is 2. The topological polar surface area (TPSA) is 101 Å². The van der Waals surface area contributed by atoms with Gasteiger partial charge in [0.2, 0.25) is 11.8 Å². The van der Waals surface area contributed by atoms with E-state index >= 15 is 0 Å². The van der Waals surface area contributed by atoms with E-state index in [1.54, 1.807) is 0 Å². The lowest BCUT2D eigenvalue weighted by atomic mass is 10.1. The van der Waals surface area contributed by atoms with Crippen LogP contribution in [0.3, 0.4) is 0 Å². The molecule has 1 amide bonds. The molecule has 11 heteroatoms. The fraction of sp³-hybridized carbons (Fsp3) is 0.100. The molecule has 3 aromatic heterocycles. The van der Waals surface area contributed by atoms with Crippen molar-refractivity contribution < 1.29 is 22.4 Å². The Morgan fingerprint density at radius 1 is 1.29 bits per heavy atom. The normalized spacial score (nSPS) is 11.4. The van der Waals surface area contributed by atoms with Gasteiger partial charge in [0.1, 0.15) is 23.9 Å². The van der Waals surface area contributed by atoms with Gasteiger partial charge in [0.15, 0.2) is 0 Å². The van der Waals surface area contributed by atoms with Gasteiger partial charge in [-0.2, -0.15) is 18.4 Å². The Kier molecular flexibility index (Phi) is 5.08. The van der Waals surface area contributed by atoms with E-state index in [1.165, 1.54) is 36.0 Å². The van der Waals surface area contributed by atoms with Crippen LogP contribution in [0.15, 0.2) is 57.4 Å². The van der Waals surface area contributed by atoms with E-state index in [9.17, 15) is 28.0 Å². The number of alkyl halides is 3. The van der Waals surface area contributed by atoms with Crippen molar-refractivity contribution in [2.75, 3.05) is 5.32 Å². The number of carbonyl (C=O) groups is 1. The number of fused-ring (bicyclic) bond motifs is 1.